The van der Waals surface area contributed by atoms with E-state index in [0.29, 0.717) is 0 Å². The van der Waals surface area contributed by atoms with Crippen LogP contribution in [-0.4, -0.2) is 13.6 Å². The van der Waals surface area contributed by atoms with E-state index in [9.17, 15) is 0 Å². The van der Waals surface area contributed by atoms with Gasteiger partial charge in [0.2, 0.25) is 0 Å². The summed E-state index contributed by atoms with van der Waals surface area (Å²) in [5.41, 5.74) is 0. The SMILES string of the molecule is CCCCC1CCCC1=[Si](C)C. The highest BCUT2D eigenvalue weighted by Crippen LogP contribution is 2.26. The van der Waals surface area contributed by atoms with Crippen molar-refractivity contribution in [2.75, 3.05) is 0 Å². The van der Waals surface area contributed by atoms with Crippen LogP contribution in [-0.2, 0) is 0 Å². The van der Waals surface area contributed by atoms with Gasteiger partial charge in [-0.1, -0.05) is 38.0 Å². The molecular formula is C11H22Si. The first-order chi connectivity index (χ1) is 5.75. The van der Waals surface area contributed by atoms with Crippen molar-refractivity contribution in [3.63, 3.8) is 0 Å². The van der Waals surface area contributed by atoms with Crippen molar-refractivity contribution in [2.45, 2.75) is 58.5 Å². The van der Waals surface area contributed by atoms with Gasteiger partial charge < -0.3 is 0 Å². The van der Waals surface area contributed by atoms with Crippen LogP contribution >= 0.6 is 0 Å². The van der Waals surface area contributed by atoms with Crippen LogP contribution in [0.25, 0.3) is 0 Å². The van der Waals surface area contributed by atoms with Crippen LogP contribution in [0.4, 0.5) is 0 Å². The first-order valence-electron chi connectivity index (χ1n) is 5.42. The first-order valence-corrected chi connectivity index (χ1v) is 7.92. The normalized spacial score (nSPS) is 23.2. The zero-order valence-electron chi connectivity index (χ0n) is 8.82. The van der Waals surface area contributed by atoms with Gasteiger partial charge in [0, 0.05) is 8.41 Å². The van der Waals surface area contributed by atoms with Crippen LogP contribution in [0, 0.1) is 5.92 Å². The smallest absolute Gasteiger partial charge is 0.00259 e. The van der Waals surface area contributed by atoms with Gasteiger partial charge in [-0.3, -0.25) is 0 Å². The molecule has 0 saturated heterocycles. The highest BCUT2D eigenvalue weighted by atomic mass is 28.2. The molecule has 12 heavy (non-hydrogen) atoms. The second-order valence-corrected chi connectivity index (χ2v) is 6.90. The summed E-state index contributed by atoms with van der Waals surface area (Å²) in [6.45, 7) is 7.23. The predicted molar refractivity (Wildman–Crippen MR) is 59.4 cm³/mol. The van der Waals surface area contributed by atoms with Gasteiger partial charge in [-0.25, -0.2) is 0 Å². The Hall–Kier alpha value is 0.0869. The minimum absolute atomic E-state index is 0.0738. The first kappa shape index (κ1) is 10.2. The Bertz CT molecular complexity index is 166. The lowest BCUT2D eigenvalue weighted by atomic mass is 10.0. The van der Waals surface area contributed by atoms with Gasteiger partial charge in [0.25, 0.3) is 0 Å². The minimum Gasteiger partial charge on any atom is -0.0868 e. The maximum atomic E-state index is 2.46. The molecule has 1 heteroatoms. The molecule has 0 aromatic carbocycles. The van der Waals surface area contributed by atoms with Crippen molar-refractivity contribution < 1.29 is 0 Å². The largest absolute Gasteiger partial charge is 0.0868 e. The van der Waals surface area contributed by atoms with Gasteiger partial charge in [0.05, 0.1) is 0 Å². The predicted octanol–water partition coefficient (Wildman–Crippen LogP) is 3.49. The molecule has 0 nitrogen and oxygen atoms in total. The number of unbranched alkanes of at least 4 members (excludes halogenated alkanes) is 1. The van der Waals surface area contributed by atoms with Gasteiger partial charge in [0.1, 0.15) is 0 Å². The standard InChI is InChI=1S/C11H22Si/c1-4-5-7-10-8-6-9-11(10)12(2)3/h10H,4-9H2,1-3H3. The van der Waals surface area contributed by atoms with Crippen LogP contribution in [0.15, 0.2) is 0 Å². The fourth-order valence-electron chi connectivity index (χ4n) is 2.34. The van der Waals surface area contributed by atoms with Crippen LogP contribution in [0.1, 0.15) is 45.4 Å². The molecule has 1 atom stereocenters. The van der Waals surface area contributed by atoms with E-state index in [2.05, 4.69) is 20.0 Å². The molecule has 0 aromatic rings. The van der Waals surface area contributed by atoms with E-state index in [1.54, 1.807) is 0 Å². The summed E-state index contributed by atoms with van der Waals surface area (Å²) in [5, 5.41) is 1.97. The third kappa shape index (κ3) is 2.55. The fraction of sp³-hybridized carbons (Fsp3) is 0.909. The molecule has 0 heterocycles. The maximum Gasteiger partial charge on any atom is 0.00259 e. The van der Waals surface area contributed by atoms with E-state index in [1.807, 2.05) is 5.17 Å². The zero-order valence-corrected chi connectivity index (χ0v) is 9.82. The average molecular weight is 182 g/mol. The summed E-state index contributed by atoms with van der Waals surface area (Å²) in [5.74, 6) is 1.04. The summed E-state index contributed by atoms with van der Waals surface area (Å²) < 4.78 is 0. The van der Waals surface area contributed by atoms with E-state index in [0.717, 1.165) is 5.92 Å². The zero-order chi connectivity index (χ0) is 8.97. The number of rotatable bonds is 3. The van der Waals surface area contributed by atoms with Crippen molar-refractivity contribution in [1.82, 2.24) is 0 Å². The Morgan fingerprint density at radius 3 is 2.75 bits per heavy atom. The van der Waals surface area contributed by atoms with Crippen LogP contribution < -0.4 is 0 Å². The lowest BCUT2D eigenvalue weighted by molar-refractivity contribution is 0.574. The van der Waals surface area contributed by atoms with Crippen molar-refractivity contribution >= 4 is 13.6 Å². The van der Waals surface area contributed by atoms with Crippen molar-refractivity contribution in [3.8, 4) is 0 Å². The van der Waals surface area contributed by atoms with Gasteiger partial charge in [-0.15, -0.1) is 0 Å². The third-order valence-corrected chi connectivity index (χ3v) is 4.98. The molecule has 0 amide bonds. The van der Waals surface area contributed by atoms with Gasteiger partial charge >= 0.3 is 0 Å². The van der Waals surface area contributed by atoms with Crippen molar-refractivity contribution in [2.24, 2.45) is 5.92 Å². The van der Waals surface area contributed by atoms with E-state index >= 15 is 0 Å². The molecule has 1 rings (SSSR count). The Balaban J connectivity index is 2.47. The van der Waals surface area contributed by atoms with E-state index in [-0.39, 0.29) is 8.41 Å². The highest BCUT2D eigenvalue weighted by Gasteiger charge is 2.20. The van der Waals surface area contributed by atoms with E-state index in [1.165, 1.54) is 38.5 Å². The topological polar surface area (TPSA) is 0 Å². The lowest BCUT2D eigenvalue weighted by Gasteiger charge is -2.12. The highest BCUT2D eigenvalue weighted by molar-refractivity contribution is 6.69. The Morgan fingerprint density at radius 1 is 1.42 bits per heavy atom. The van der Waals surface area contributed by atoms with Gasteiger partial charge in [-0.2, -0.15) is 0 Å². The van der Waals surface area contributed by atoms with Crippen molar-refractivity contribution in [3.05, 3.63) is 0 Å². The molecule has 0 aliphatic heterocycles. The van der Waals surface area contributed by atoms with Crippen LogP contribution in [0.5, 0.6) is 0 Å². The second-order valence-electron chi connectivity index (χ2n) is 4.26. The Labute approximate surface area is 78.6 Å². The number of hydrogen-bond acceptors (Lipinski definition) is 0. The minimum atomic E-state index is -0.0738. The molecular weight excluding hydrogens is 160 g/mol. The summed E-state index contributed by atoms with van der Waals surface area (Å²) in [6, 6.07) is 0. The maximum absolute atomic E-state index is 2.46. The monoisotopic (exact) mass is 182 g/mol. The molecule has 1 fully saturated rings. The third-order valence-electron chi connectivity index (χ3n) is 3.04. The quantitative estimate of drug-likeness (QED) is 0.586. The molecule has 0 spiro atoms. The Kier molecular flexibility index (Phi) is 4.20. The molecule has 0 radical (unpaired) electrons. The van der Waals surface area contributed by atoms with Gasteiger partial charge in [0.15, 0.2) is 0 Å². The molecule has 70 valence electrons. The molecule has 1 saturated carbocycles. The van der Waals surface area contributed by atoms with Gasteiger partial charge in [-0.05, 0) is 31.6 Å². The summed E-state index contributed by atoms with van der Waals surface area (Å²) in [7, 11) is -0.0738. The van der Waals surface area contributed by atoms with E-state index < -0.39 is 0 Å². The van der Waals surface area contributed by atoms with Crippen molar-refractivity contribution in [1.29, 1.82) is 0 Å². The molecule has 0 N–H and O–H groups in total. The molecule has 1 unspecified atom stereocenters. The fourth-order valence-corrected chi connectivity index (χ4v) is 4.13. The summed E-state index contributed by atoms with van der Waals surface area (Å²) in [6.07, 6.45) is 8.77. The molecule has 1 aliphatic carbocycles. The second kappa shape index (κ2) is 4.96. The number of hydrogen-bond donors (Lipinski definition) is 0. The van der Waals surface area contributed by atoms with Crippen LogP contribution in [0.3, 0.4) is 0 Å². The average Bonchev–Trinajstić information content (AvgIpc) is 2.48. The molecule has 0 bridgehead atoms. The molecule has 0 aromatic heterocycles. The summed E-state index contributed by atoms with van der Waals surface area (Å²) in [4.78, 5) is 0. The van der Waals surface area contributed by atoms with E-state index in [4.69, 9.17) is 0 Å². The Morgan fingerprint density at radius 2 is 2.17 bits per heavy atom. The lowest BCUT2D eigenvalue weighted by Crippen LogP contribution is -2.15. The van der Waals surface area contributed by atoms with Crippen LogP contribution in [0.2, 0.25) is 13.1 Å². The molecule has 1 aliphatic rings. The summed E-state index contributed by atoms with van der Waals surface area (Å²) >= 11 is 0.